The first-order chi connectivity index (χ1) is 18.5. The van der Waals surface area contributed by atoms with E-state index in [1.165, 1.54) is 5.56 Å². The second-order valence-corrected chi connectivity index (χ2v) is 9.84. The van der Waals surface area contributed by atoms with Crippen molar-refractivity contribution >= 4 is 23.3 Å². The molecule has 7 heteroatoms. The Kier molecular flexibility index (Phi) is 7.54. The number of nitrogens with one attached hydrogen (secondary N) is 2. The van der Waals surface area contributed by atoms with Gasteiger partial charge in [0.1, 0.15) is 11.5 Å². The van der Waals surface area contributed by atoms with Gasteiger partial charge in [-0.3, -0.25) is 14.0 Å². The number of pyridine rings is 1. The van der Waals surface area contributed by atoms with Gasteiger partial charge in [-0.2, -0.15) is 0 Å². The second-order valence-electron chi connectivity index (χ2n) is 9.84. The molecule has 0 radical (unpaired) electrons. The highest BCUT2D eigenvalue weighted by Crippen LogP contribution is 2.34. The summed E-state index contributed by atoms with van der Waals surface area (Å²) in [6.07, 6.45) is 9.08. The van der Waals surface area contributed by atoms with Crippen LogP contribution in [0.4, 0.5) is 5.82 Å². The lowest BCUT2D eigenvalue weighted by Gasteiger charge is -2.18. The van der Waals surface area contributed by atoms with Gasteiger partial charge in [-0.05, 0) is 49.4 Å². The number of anilines is 1. The van der Waals surface area contributed by atoms with Gasteiger partial charge in [0.05, 0.1) is 18.2 Å². The lowest BCUT2D eigenvalue weighted by molar-refractivity contribution is -0.137. The van der Waals surface area contributed by atoms with Gasteiger partial charge in [-0.1, -0.05) is 72.3 Å². The Bertz CT molecular complexity index is 1460. The number of carbonyl (C=O) groups excluding carboxylic acids is 1. The summed E-state index contributed by atoms with van der Waals surface area (Å²) in [6, 6.07) is 20.7. The molecule has 1 aliphatic carbocycles. The molecule has 0 aliphatic heterocycles. The van der Waals surface area contributed by atoms with Crippen molar-refractivity contribution in [2.75, 3.05) is 5.32 Å². The third-order valence-corrected chi connectivity index (χ3v) is 7.04. The van der Waals surface area contributed by atoms with E-state index < -0.39 is 12.0 Å². The number of amides is 1. The van der Waals surface area contributed by atoms with Gasteiger partial charge < -0.3 is 15.7 Å². The van der Waals surface area contributed by atoms with Crippen molar-refractivity contribution in [3.05, 3.63) is 113 Å². The first-order valence-electron chi connectivity index (χ1n) is 13.0. The molecule has 1 aliphatic rings. The van der Waals surface area contributed by atoms with Gasteiger partial charge in [0.15, 0.2) is 0 Å². The van der Waals surface area contributed by atoms with Crippen LogP contribution in [0.3, 0.4) is 0 Å². The predicted molar refractivity (Wildman–Crippen MR) is 148 cm³/mol. The summed E-state index contributed by atoms with van der Waals surface area (Å²) < 4.78 is 2.00. The Labute approximate surface area is 222 Å². The lowest BCUT2D eigenvalue weighted by Crippen LogP contribution is -2.30. The standard InChI is InChI=1S/C31H32N4O3/c1-21-12-14-23(15-13-21)26(19-28(36)37)33-31(38)25-16-17-35-27(18-25)34-29(24-10-6-3-7-11-24)30(35)32-20-22-8-4-2-5-9-22/h2-6,8-9,12-18,24,26,32H,7,10-11,19-20H2,1H3,(H,33,38)(H,36,37). The quantitative estimate of drug-likeness (QED) is 0.240. The molecule has 0 fully saturated rings. The molecule has 7 nitrogen and oxygen atoms in total. The third-order valence-electron chi connectivity index (χ3n) is 7.04. The molecule has 2 aromatic carbocycles. The van der Waals surface area contributed by atoms with Gasteiger partial charge in [0, 0.05) is 24.2 Å². The van der Waals surface area contributed by atoms with Crippen molar-refractivity contribution in [3.63, 3.8) is 0 Å². The summed E-state index contributed by atoms with van der Waals surface area (Å²) in [5.74, 6) is -0.0559. The number of nitrogens with zero attached hydrogens (tertiary/aromatic N) is 2. The van der Waals surface area contributed by atoms with E-state index in [4.69, 9.17) is 4.98 Å². The Morgan fingerprint density at radius 1 is 1.08 bits per heavy atom. The van der Waals surface area contributed by atoms with Gasteiger partial charge in [0.25, 0.3) is 5.91 Å². The molecular weight excluding hydrogens is 476 g/mol. The molecule has 2 unspecified atom stereocenters. The van der Waals surface area contributed by atoms with E-state index in [-0.39, 0.29) is 12.3 Å². The van der Waals surface area contributed by atoms with Gasteiger partial charge in [0.2, 0.25) is 0 Å². The summed E-state index contributed by atoms with van der Waals surface area (Å²) in [6.45, 7) is 2.63. The van der Waals surface area contributed by atoms with Crippen molar-refractivity contribution in [1.82, 2.24) is 14.7 Å². The van der Waals surface area contributed by atoms with Crippen molar-refractivity contribution in [2.24, 2.45) is 0 Å². The fourth-order valence-electron chi connectivity index (χ4n) is 4.96. The second kappa shape index (κ2) is 11.3. The van der Waals surface area contributed by atoms with Crippen LogP contribution < -0.4 is 10.6 Å². The number of imidazole rings is 1. The number of benzene rings is 2. The number of carboxylic acid groups (broad SMARTS) is 1. The smallest absolute Gasteiger partial charge is 0.305 e. The van der Waals surface area contributed by atoms with Crippen LogP contribution in [-0.4, -0.2) is 26.4 Å². The summed E-state index contributed by atoms with van der Waals surface area (Å²) in [4.78, 5) is 29.8. The fraction of sp³-hybridized carbons (Fsp3) is 0.258. The Balaban J connectivity index is 1.43. The van der Waals surface area contributed by atoms with E-state index in [9.17, 15) is 14.7 Å². The van der Waals surface area contributed by atoms with Crippen LogP contribution in [0.1, 0.15) is 70.4 Å². The Morgan fingerprint density at radius 3 is 2.58 bits per heavy atom. The van der Waals surface area contributed by atoms with E-state index in [0.29, 0.717) is 23.7 Å². The van der Waals surface area contributed by atoms with Crippen LogP contribution >= 0.6 is 0 Å². The maximum atomic E-state index is 13.3. The maximum Gasteiger partial charge on any atom is 0.305 e. The molecule has 0 saturated heterocycles. The zero-order chi connectivity index (χ0) is 26.5. The first-order valence-corrected chi connectivity index (χ1v) is 13.0. The van der Waals surface area contributed by atoms with Crippen molar-refractivity contribution in [3.8, 4) is 0 Å². The van der Waals surface area contributed by atoms with Crippen LogP contribution in [0.5, 0.6) is 0 Å². The normalized spacial score (nSPS) is 15.8. The molecule has 0 bridgehead atoms. The molecule has 3 N–H and O–H groups in total. The van der Waals surface area contributed by atoms with E-state index in [0.717, 1.165) is 41.9 Å². The Morgan fingerprint density at radius 2 is 1.87 bits per heavy atom. The number of carboxylic acids is 1. The molecule has 0 saturated carbocycles. The van der Waals surface area contributed by atoms with E-state index in [2.05, 4.69) is 34.9 Å². The average molecular weight is 509 g/mol. The minimum absolute atomic E-state index is 0.201. The molecule has 2 atom stereocenters. The van der Waals surface area contributed by atoms with Crippen LogP contribution in [0.25, 0.3) is 5.65 Å². The summed E-state index contributed by atoms with van der Waals surface area (Å²) in [5, 5.41) is 15.9. The van der Waals surface area contributed by atoms with Crippen molar-refractivity contribution in [2.45, 2.75) is 51.1 Å². The maximum absolute atomic E-state index is 13.3. The molecule has 4 aromatic rings. The van der Waals surface area contributed by atoms with E-state index >= 15 is 0 Å². The highest BCUT2D eigenvalue weighted by atomic mass is 16.4. The largest absolute Gasteiger partial charge is 0.481 e. The summed E-state index contributed by atoms with van der Waals surface area (Å²) >= 11 is 0. The molecule has 38 heavy (non-hydrogen) atoms. The lowest BCUT2D eigenvalue weighted by atomic mass is 9.91. The topological polar surface area (TPSA) is 95.7 Å². The number of aromatic nitrogens is 2. The molecular formula is C31H32N4O3. The number of rotatable bonds is 9. The monoisotopic (exact) mass is 508 g/mol. The number of fused-ring (bicyclic) bond motifs is 1. The molecule has 2 heterocycles. The van der Waals surface area contributed by atoms with Crippen molar-refractivity contribution < 1.29 is 14.7 Å². The number of aliphatic carboxylic acids is 1. The van der Waals surface area contributed by atoms with Gasteiger partial charge >= 0.3 is 5.97 Å². The predicted octanol–water partition coefficient (Wildman–Crippen LogP) is 6.02. The third kappa shape index (κ3) is 5.78. The van der Waals surface area contributed by atoms with Gasteiger partial charge in [-0.15, -0.1) is 0 Å². The zero-order valence-electron chi connectivity index (χ0n) is 21.4. The van der Waals surface area contributed by atoms with Crippen LogP contribution in [0.2, 0.25) is 0 Å². The fourth-order valence-corrected chi connectivity index (χ4v) is 4.96. The summed E-state index contributed by atoms with van der Waals surface area (Å²) in [7, 11) is 0. The van der Waals surface area contributed by atoms with E-state index in [1.807, 2.05) is 60.0 Å². The molecule has 194 valence electrons. The van der Waals surface area contributed by atoms with E-state index in [1.54, 1.807) is 12.1 Å². The number of carbonyl (C=O) groups is 2. The molecule has 1 amide bonds. The highest BCUT2D eigenvalue weighted by molar-refractivity contribution is 5.95. The Hall–Kier alpha value is -4.39. The minimum atomic E-state index is -0.972. The molecule has 0 spiro atoms. The SMILES string of the molecule is Cc1ccc(C(CC(=O)O)NC(=O)c2ccn3c(NCc4ccccc4)c(C4CC=CCC4)nc3c2)cc1. The van der Waals surface area contributed by atoms with Crippen molar-refractivity contribution in [1.29, 1.82) is 0 Å². The summed E-state index contributed by atoms with van der Waals surface area (Å²) in [5.41, 5.74) is 5.13. The van der Waals surface area contributed by atoms with Crippen LogP contribution in [0, 0.1) is 6.92 Å². The number of hydrogen-bond acceptors (Lipinski definition) is 4. The molecule has 2 aromatic heterocycles. The zero-order valence-corrected chi connectivity index (χ0v) is 21.4. The average Bonchev–Trinajstić information content (AvgIpc) is 3.30. The minimum Gasteiger partial charge on any atom is -0.481 e. The van der Waals surface area contributed by atoms with Crippen LogP contribution in [0.15, 0.2) is 85.1 Å². The number of allylic oxidation sites excluding steroid dienone is 2. The number of hydrogen-bond donors (Lipinski definition) is 3. The first kappa shape index (κ1) is 25.3. The van der Waals surface area contributed by atoms with Crippen LogP contribution in [-0.2, 0) is 11.3 Å². The van der Waals surface area contributed by atoms with Gasteiger partial charge in [-0.25, -0.2) is 4.98 Å². The molecule has 5 rings (SSSR count). The number of aryl methyl sites for hydroxylation is 1. The highest BCUT2D eigenvalue weighted by Gasteiger charge is 2.23.